The minimum atomic E-state index is -3.90. The van der Waals surface area contributed by atoms with Gasteiger partial charge in [0.05, 0.1) is 23.3 Å². The first-order chi connectivity index (χ1) is 18.8. The van der Waals surface area contributed by atoms with Crippen molar-refractivity contribution < 1.29 is 22.7 Å². The number of sulfonamides is 1. The fraction of sp³-hybridized carbons (Fsp3) is 0.103. The summed E-state index contributed by atoms with van der Waals surface area (Å²) in [5.41, 5.74) is 5.54. The predicted octanol–water partition coefficient (Wildman–Crippen LogP) is 5.54. The Kier molecular flexibility index (Phi) is 7.53. The maximum atomic E-state index is 13.7. The molecule has 0 aliphatic carbocycles. The van der Waals surface area contributed by atoms with Gasteiger partial charge in [0, 0.05) is 10.6 Å². The quantitative estimate of drug-likeness (QED) is 0.225. The zero-order chi connectivity index (χ0) is 27.4. The number of aryl methyl sites for hydroxylation is 1. The highest BCUT2D eigenvalue weighted by molar-refractivity contribution is 7.92. The molecule has 5 rings (SSSR count). The highest BCUT2D eigenvalue weighted by Gasteiger charge is 2.26. The maximum Gasteiger partial charge on any atom is 0.271 e. The summed E-state index contributed by atoms with van der Waals surface area (Å²) in [6.07, 6.45) is 1.51. The molecule has 198 valence electrons. The number of halogens is 1. The maximum absolute atomic E-state index is 13.7. The second kappa shape index (κ2) is 11.2. The summed E-state index contributed by atoms with van der Waals surface area (Å²) in [7, 11) is -3.90. The Morgan fingerprint density at radius 2 is 1.72 bits per heavy atom. The molecule has 10 heteroatoms. The van der Waals surface area contributed by atoms with Gasteiger partial charge in [-0.1, -0.05) is 48.0 Å². The van der Waals surface area contributed by atoms with Gasteiger partial charge in [-0.2, -0.15) is 5.10 Å². The first-order valence-electron chi connectivity index (χ1n) is 12.0. The molecule has 0 saturated heterocycles. The molecule has 1 heterocycles. The van der Waals surface area contributed by atoms with Gasteiger partial charge in [-0.3, -0.25) is 9.10 Å². The third kappa shape index (κ3) is 5.89. The molecule has 4 aromatic rings. The van der Waals surface area contributed by atoms with Crippen LogP contribution in [-0.2, 0) is 16.6 Å². The predicted molar refractivity (Wildman–Crippen MR) is 150 cm³/mol. The number of carbonyl (C=O) groups is 1. The van der Waals surface area contributed by atoms with Crippen LogP contribution in [-0.4, -0.2) is 27.3 Å². The molecule has 0 atom stereocenters. The fourth-order valence-corrected chi connectivity index (χ4v) is 5.72. The Labute approximate surface area is 231 Å². The Bertz CT molecular complexity index is 1640. The van der Waals surface area contributed by atoms with Crippen molar-refractivity contribution in [3.8, 4) is 11.5 Å². The van der Waals surface area contributed by atoms with Crippen LogP contribution in [0.4, 0.5) is 5.69 Å². The van der Waals surface area contributed by atoms with E-state index >= 15 is 0 Å². The van der Waals surface area contributed by atoms with Crippen molar-refractivity contribution >= 4 is 39.4 Å². The molecule has 1 amide bonds. The van der Waals surface area contributed by atoms with Crippen molar-refractivity contribution in [2.24, 2.45) is 5.10 Å². The summed E-state index contributed by atoms with van der Waals surface area (Å²) >= 11 is 6.23. The normalized spacial score (nSPS) is 12.5. The van der Waals surface area contributed by atoms with E-state index < -0.39 is 15.9 Å². The minimum absolute atomic E-state index is 0.0442. The van der Waals surface area contributed by atoms with Gasteiger partial charge in [0.1, 0.15) is 0 Å². The average Bonchev–Trinajstić information content (AvgIpc) is 3.42. The third-order valence-electron chi connectivity index (χ3n) is 6.09. The SMILES string of the molecule is Cc1ccc(Cl)cc1N(Cc1ccc(C(=O)N/N=C\c2ccc3c(c2)OCO3)cc1)S(=O)(=O)c1ccccc1. The second-order valence-corrected chi connectivity index (χ2v) is 11.1. The number of hydrogen-bond donors (Lipinski definition) is 1. The highest BCUT2D eigenvalue weighted by Crippen LogP contribution is 2.32. The van der Waals surface area contributed by atoms with Crippen molar-refractivity contribution in [2.75, 3.05) is 11.1 Å². The van der Waals surface area contributed by atoms with Gasteiger partial charge >= 0.3 is 0 Å². The number of nitrogens with one attached hydrogen (secondary N) is 1. The number of amides is 1. The fourth-order valence-electron chi connectivity index (χ4n) is 4.02. The number of nitrogens with zero attached hydrogens (tertiary/aromatic N) is 2. The van der Waals surface area contributed by atoms with Gasteiger partial charge in [0.2, 0.25) is 6.79 Å². The van der Waals surface area contributed by atoms with E-state index in [1.54, 1.807) is 91.0 Å². The summed E-state index contributed by atoms with van der Waals surface area (Å²) in [6.45, 7) is 2.05. The van der Waals surface area contributed by atoms with Gasteiger partial charge < -0.3 is 9.47 Å². The largest absolute Gasteiger partial charge is 0.454 e. The molecule has 0 radical (unpaired) electrons. The molecule has 1 aliphatic rings. The molecule has 0 bridgehead atoms. The Morgan fingerprint density at radius 3 is 2.49 bits per heavy atom. The smallest absolute Gasteiger partial charge is 0.271 e. The van der Waals surface area contributed by atoms with Crippen LogP contribution in [0.2, 0.25) is 5.02 Å². The van der Waals surface area contributed by atoms with E-state index in [9.17, 15) is 13.2 Å². The Hall–Kier alpha value is -4.34. The molecule has 4 aromatic carbocycles. The van der Waals surface area contributed by atoms with Crippen LogP contribution in [0, 0.1) is 6.92 Å². The molecule has 0 saturated carbocycles. The van der Waals surface area contributed by atoms with Crippen molar-refractivity contribution in [3.05, 3.63) is 118 Å². The molecule has 8 nitrogen and oxygen atoms in total. The topological polar surface area (TPSA) is 97.3 Å². The van der Waals surface area contributed by atoms with Crippen molar-refractivity contribution in [1.29, 1.82) is 0 Å². The lowest BCUT2D eigenvalue weighted by Crippen LogP contribution is -2.31. The van der Waals surface area contributed by atoms with E-state index in [0.717, 1.165) is 11.1 Å². The van der Waals surface area contributed by atoms with E-state index in [-0.39, 0.29) is 18.2 Å². The van der Waals surface area contributed by atoms with Gasteiger partial charge in [-0.05, 0) is 78.2 Å². The molecular formula is C29H24ClN3O5S. The Morgan fingerprint density at radius 1 is 0.974 bits per heavy atom. The molecule has 1 N–H and O–H groups in total. The number of carbonyl (C=O) groups excluding carboxylic acids is 1. The van der Waals surface area contributed by atoms with Crippen molar-refractivity contribution in [3.63, 3.8) is 0 Å². The number of hydrazone groups is 1. The van der Waals surface area contributed by atoms with Gasteiger partial charge in [-0.15, -0.1) is 0 Å². The molecule has 0 unspecified atom stereocenters. The monoisotopic (exact) mass is 561 g/mol. The lowest BCUT2D eigenvalue weighted by molar-refractivity contribution is 0.0955. The number of ether oxygens (including phenoxy) is 2. The van der Waals surface area contributed by atoms with Crippen LogP contribution in [0.3, 0.4) is 0 Å². The zero-order valence-corrected chi connectivity index (χ0v) is 22.4. The first kappa shape index (κ1) is 26.3. The van der Waals surface area contributed by atoms with Gasteiger partial charge in [0.25, 0.3) is 15.9 Å². The molecule has 0 fully saturated rings. The number of benzene rings is 4. The summed E-state index contributed by atoms with van der Waals surface area (Å²) in [4.78, 5) is 12.8. The van der Waals surface area contributed by atoms with E-state index in [4.69, 9.17) is 21.1 Å². The zero-order valence-electron chi connectivity index (χ0n) is 20.9. The van der Waals surface area contributed by atoms with E-state index in [2.05, 4.69) is 10.5 Å². The third-order valence-corrected chi connectivity index (χ3v) is 8.10. The summed E-state index contributed by atoms with van der Waals surface area (Å²) in [5, 5.41) is 4.44. The summed E-state index contributed by atoms with van der Waals surface area (Å²) in [6, 6.07) is 25.4. The van der Waals surface area contributed by atoms with Crippen LogP contribution < -0.4 is 19.2 Å². The van der Waals surface area contributed by atoms with E-state index in [0.29, 0.717) is 33.3 Å². The molecule has 0 aromatic heterocycles. The summed E-state index contributed by atoms with van der Waals surface area (Å²) in [5.74, 6) is 0.882. The van der Waals surface area contributed by atoms with E-state index in [1.165, 1.54) is 10.5 Å². The number of hydrogen-bond acceptors (Lipinski definition) is 6. The second-order valence-electron chi connectivity index (χ2n) is 8.76. The van der Waals surface area contributed by atoms with Crippen LogP contribution >= 0.6 is 11.6 Å². The van der Waals surface area contributed by atoms with Gasteiger partial charge in [-0.25, -0.2) is 13.8 Å². The van der Waals surface area contributed by atoms with Crippen molar-refractivity contribution in [1.82, 2.24) is 5.43 Å². The summed E-state index contributed by atoms with van der Waals surface area (Å²) < 4.78 is 39.3. The lowest BCUT2D eigenvalue weighted by Gasteiger charge is -2.26. The standard InChI is InChI=1S/C29H24ClN3O5S/c1-20-7-13-24(30)16-26(20)33(39(35,36)25-5-3-2-4-6-25)18-21-8-11-23(12-9-21)29(34)32-31-17-22-10-14-27-28(15-22)38-19-37-27/h2-17H,18-19H2,1H3,(H,32,34)/b31-17-. The van der Waals surface area contributed by atoms with Gasteiger partial charge in [0.15, 0.2) is 11.5 Å². The highest BCUT2D eigenvalue weighted by atomic mass is 35.5. The van der Waals surface area contributed by atoms with Crippen molar-refractivity contribution in [2.45, 2.75) is 18.4 Å². The molecule has 0 spiro atoms. The molecular weight excluding hydrogens is 538 g/mol. The number of fused-ring (bicyclic) bond motifs is 1. The lowest BCUT2D eigenvalue weighted by atomic mass is 10.1. The minimum Gasteiger partial charge on any atom is -0.454 e. The van der Waals surface area contributed by atoms with E-state index in [1.807, 2.05) is 6.92 Å². The first-order valence-corrected chi connectivity index (χ1v) is 13.8. The van der Waals surface area contributed by atoms with Crippen LogP contribution in [0.5, 0.6) is 11.5 Å². The molecule has 1 aliphatic heterocycles. The number of rotatable bonds is 8. The average molecular weight is 562 g/mol. The van der Waals surface area contributed by atoms with Crippen LogP contribution in [0.15, 0.2) is 101 Å². The number of anilines is 1. The van der Waals surface area contributed by atoms with Crippen LogP contribution in [0.25, 0.3) is 0 Å². The molecule has 39 heavy (non-hydrogen) atoms. The van der Waals surface area contributed by atoms with Crippen LogP contribution in [0.1, 0.15) is 27.0 Å². The Balaban J connectivity index is 1.33.